The zero-order valence-electron chi connectivity index (χ0n) is 17.6. The summed E-state index contributed by atoms with van der Waals surface area (Å²) in [6, 6.07) is 7.32. The average Bonchev–Trinajstić information content (AvgIpc) is 3.11. The van der Waals surface area contributed by atoms with Crippen molar-refractivity contribution in [3.05, 3.63) is 47.2 Å². The molecular formula is C23H25N3O6. The Balaban J connectivity index is 2.04. The number of furan rings is 1. The van der Waals surface area contributed by atoms with Gasteiger partial charge in [-0.25, -0.2) is 0 Å². The lowest BCUT2D eigenvalue weighted by Crippen LogP contribution is -2.12. The van der Waals surface area contributed by atoms with Crippen molar-refractivity contribution in [2.24, 2.45) is 5.73 Å². The highest BCUT2D eigenvalue weighted by molar-refractivity contribution is 6.17. The maximum absolute atomic E-state index is 13.3. The molecule has 0 bridgehead atoms. The van der Waals surface area contributed by atoms with Crippen molar-refractivity contribution in [2.45, 2.75) is 39.0 Å². The molecule has 0 aliphatic heterocycles. The minimum absolute atomic E-state index is 0.0290. The topological polar surface area (TPSA) is 172 Å². The normalized spacial score (nSPS) is 10.9. The number of phenolic OH excluding ortho intramolecular Hbond substituents is 1. The number of esters is 1. The predicted octanol–water partition coefficient (Wildman–Crippen LogP) is 3.05. The van der Waals surface area contributed by atoms with Gasteiger partial charge in [-0.1, -0.05) is 13.3 Å². The number of benzene rings is 2. The molecule has 2 aromatic carbocycles. The number of carbonyl (C=O) groups is 3. The average molecular weight is 439 g/mol. The molecule has 3 rings (SSSR count). The molecule has 3 aromatic rings. The fraction of sp³-hybridized carbons (Fsp3) is 0.261. The van der Waals surface area contributed by atoms with Gasteiger partial charge in [0.15, 0.2) is 11.5 Å². The molecule has 1 aromatic heterocycles. The molecule has 0 fully saturated rings. The molecule has 0 aliphatic rings. The van der Waals surface area contributed by atoms with Crippen LogP contribution in [-0.4, -0.2) is 22.8 Å². The maximum atomic E-state index is 13.3. The Kier molecular flexibility index (Phi) is 6.67. The molecule has 9 nitrogen and oxygen atoms in total. The SMILES string of the molecule is CCCCC(=O)Oc1ccc2c(C(=O)c3cc(N)c(O)c(N)c3)c(CCC(N)=O)oc2c1. The molecule has 0 atom stereocenters. The third kappa shape index (κ3) is 4.83. The summed E-state index contributed by atoms with van der Waals surface area (Å²) >= 11 is 0. The molecule has 168 valence electrons. The van der Waals surface area contributed by atoms with Crippen molar-refractivity contribution in [3.8, 4) is 11.5 Å². The number of ether oxygens (including phenoxy) is 1. The first kappa shape index (κ1) is 22.7. The molecule has 9 heteroatoms. The number of primary amides is 1. The number of hydrogen-bond donors (Lipinski definition) is 4. The molecule has 32 heavy (non-hydrogen) atoms. The summed E-state index contributed by atoms with van der Waals surface area (Å²) in [4.78, 5) is 36.6. The standard InChI is InChI=1S/C23H25N3O6/c1-2-3-4-20(28)31-13-5-6-14-18(11-13)32-17(7-8-19(26)27)21(14)22(29)12-9-15(24)23(30)16(25)10-12/h5-6,9-11,30H,2-4,7-8,24-25H2,1H3,(H2,26,27). The van der Waals surface area contributed by atoms with Crippen molar-refractivity contribution in [3.63, 3.8) is 0 Å². The van der Waals surface area contributed by atoms with Crippen molar-refractivity contribution in [1.29, 1.82) is 0 Å². The van der Waals surface area contributed by atoms with E-state index >= 15 is 0 Å². The van der Waals surface area contributed by atoms with Gasteiger partial charge in [-0.15, -0.1) is 0 Å². The van der Waals surface area contributed by atoms with Crippen LogP contribution in [0.2, 0.25) is 0 Å². The maximum Gasteiger partial charge on any atom is 0.311 e. The first-order valence-corrected chi connectivity index (χ1v) is 10.2. The fourth-order valence-electron chi connectivity index (χ4n) is 3.31. The summed E-state index contributed by atoms with van der Waals surface area (Å²) < 4.78 is 11.2. The summed E-state index contributed by atoms with van der Waals surface area (Å²) in [5.74, 6) is -1.13. The molecule has 0 unspecified atom stereocenters. The first-order chi connectivity index (χ1) is 15.2. The molecule has 1 amide bonds. The minimum Gasteiger partial charge on any atom is -0.504 e. The number of amides is 1. The van der Waals surface area contributed by atoms with Crippen molar-refractivity contribution in [2.75, 3.05) is 11.5 Å². The first-order valence-electron chi connectivity index (χ1n) is 10.2. The Morgan fingerprint density at radius 3 is 2.38 bits per heavy atom. The van der Waals surface area contributed by atoms with Crippen molar-refractivity contribution >= 4 is 40.0 Å². The Hall–Kier alpha value is -4.01. The third-order valence-electron chi connectivity index (χ3n) is 4.96. The number of nitrogens with two attached hydrogens (primary N) is 3. The highest BCUT2D eigenvalue weighted by Crippen LogP contribution is 2.34. The number of fused-ring (bicyclic) bond motifs is 1. The van der Waals surface area contributed by atoms with Crippen LogP contribution in [0.1, 0.15) is 54.3 Å². The zero-order valence-corrected chi connectivity index (χ0v) is 17.6. The van der Waals surface area contributed by atoms with E-state index in [9.17, 15) is 19.5 Å². The lowest BCUT2D eigenvalue weighted by molar-refractivity contribution is -0.134. The van der Waals surface area contributed by atoms with Crippen LogP contribution in [-0.2, 0) is 16.0 Å². The molecule has 0 spiro atoms. The van der Waals surface area contributed by atoms with Gasteiger partial charge in [-0.2, -0.15) is 0 Å². The Morgan fingerprint density at radius 1 is 1.06 bits per heavy atom. The summed E-state index contributed by atoms with van der Waals surface area (Å²) in [7, 11) is 0. The van der Waals surface area contributed by atoms with Gasteiger partial charge in [0, 0.05) is 36.3 Å². The van der Waals surface area contributed by atoms with Gasteiger partial charge < -0.3 is 31.5 Å². The molecular weight excluding hydrogens is 414 g/mol. The van der Waals surface area contributed by atoms with Crippen LogP contribution in [0.4, 0.5) is 11.4 Å². The second-order valence-electron chi connectivity index (χ2n) is 7.43. The molecule has 0 saturated heterocycles. The van der Waals surface area contributed by atoms with Crippen LogP contribution in [0, 0.1) is 0 Å². The van der Waals surface area contributed by atoms with Gasteiger partial charge in [0.2, 0.25) is 5.91 Å². The van der Waals surface area contributed by atoms with Gasteiger partial charge >= 0.3 is 5.97 Å². The molecule has 7 N–H and O–H groups in total. The highest BCUT2D eigenvalue weighted by atomic mass is 16.5. The van der Waals surface area contributed by atoms with E-state index < -0.39 is 11.7 Å². The third-order valence-corrected chi connectivity index (χ3v) is 4.96. The largest absolute Gasteiger partial charge is 0.504 e. The minimum atomic E-state index is -0.549. The van der Waals surface area contributed by atoms with Crippen LogP contribution in [0.3, 0.4) is 0 Å². The summed E-state index contributed by atoms with van der Waals surface area (Å²) in [6.45, 7) is 1.98. The Bertz CT molecular complexity index is 1170. The van der Waals surface area contributed by atoms with E-state index in [0.717, 1.165) is 12.8 Å². The quantitative estimate of drug-likeness (QED) is 0.129. The molecule has 0 saturated carbocycles. The Morgan fingerprint density at radius 2 is 1.75 bits per heavy atom. The number of ketones is 1. The monoisotopic (exact) mass is 439 g/mol. The van der Waals surface area contributed by atoms with E-state index in [4.69, 9.17) is 26.4 Å². The van der Waals surface area contributed by atoms with E-state index in [2.05, 4.69) is 0 Å². The molecule has 0 aliphatic carbocycles. The smallest absolute Gasteiger partial charge is 0.311 e. The summed E-state index contributed by atoms with van der Waals surface area (Å²) in [5, 5.41) is 10.3. The molecule has 0 radical (unpaired) electrons. The number of unbranched alkanes of at least 4 members (excludes halogenated alkanes) is 1. The highest BCUT2D eigenvalue weighted by Gasteiger charge is 2.24. The summed E-state index contributed by atoms with van der Waals surface area (Å²) in [6.07, 6.45) is 1.95. The lowest BCUT2D eigenvalue weighted by Gasteiger charge is -2.08. The van der Waals surface area contributed by atoms with Crippen LogP contribution in [0.15, 0.2) is 34.7 Å². The number of aromatic hydroxyl groups is 1. The van der Waals surface area contributed by atoms with Gasteiger partial charge in [0.25, 0.3) is 0 Å². The van der Waals surface area contributed by atoms with Gasteiger partial charge in [0.1, 0.15) is 17.1 Å². The van der Waals surface area contributed by atoms with Gasteiger partial charge in [0.05, 0.1) is 16.9 Å². The number of phenols is 1. The molecule has 1 heterocycles. The predicted molar refractivity (Wildman–Crippen MR) is 119 cm³/mol. The second-order valence-corrected chi connectivity index (χ2v) is 7.43. The van der Waals surface area contributed by atoms with E-state index in [1.54, 1.807) is 12.1 Å². The van der Waals surface area contributed by atoms with Crippen LogP contribution in [0.25, 0.3) is 11.0 Å². The number of carbonyl (C=O) groups excluding carboxylic acids is 3. The van der Waals surface area contributed by atoms with Crippen LogP contribution in [0.5, 0.6) is 11.5 Å². The number of nitrogen functional groups attached to an aromatic ring is 2. The van der Waals surface area contributed by atoms with E-state index in [0.29, 0.717) is 17.4 Å². The van der Waals surface area contributed by atoms with E-state index in [1.165, 1.54) is 18.2 Å². The summed E-state index contributed by atoms with van der Waals surface area (Å²) in [5.41, 5.74) is 17.4. The van der Waals surface area contributed by atoms with Gasteiger partial charge in [-0.3, -0.25) is 14.4 Å². The van der Waals surface area contributed by atoms with E-state index in [-0.39, 0.29) is 58.6 Å². The zero-order chi connectivity index (χ0) is 23.4. The number of hydrogen-bond acceptors (Lipinski definition) is 8. The fourth-order valence-corrected chi connectivity index (χ4v) is 3.31. The number of anilines is 2. The Labute approximate surface area is 184 Å². The van der Waals surface area contributed by atoms with Crippen LogP contribution >= 0.6 is 0 Å². The number of rotatable bonds is 9. The lowest BCUT2D eigenvalue weighted by atomic mass is 9.97. The number of aryl methyl sites for hydroxylation is 1. The van der Waals surface area contributed by atoms with Crippen molar-refractivity contribution in [1.82, 2.24) is 0 Å². The van der Waals surface area contributed by atoms with Crippen LogP contribution < -0.4 is 21.9 Å². The van der Waals surface area contributed by atoms with Gasteiger partial charge in [-0.05, 0) is 30.7 Å². The van der Waals surface area contributed by atoms with Crippen molar-refractivity contribution < 1.29 is 28.6 Å². The second kappa shape index (κ2) is 9.42. The van der Waals surface area contributed by atoms with E-state index in [1.807, 2.05) is 6.92 Å².